The Hall–Kier alpha value is -1.06. The number of carbonyl (C=O) groups excluding carboxylic acids is 1. The largest absolute Gasteiger partial charge is 0.326 e. The Balaban J connectivity index is 2.24. The van der Waals surface area contributed by atoms with Gasteiger partial charge in [0, 0.05) is 23.8 Å². The number of hydrogen-bond donors (Lipinski definition) is 1. The lowest BCUT2D eigenvalue weighted by Gasteiger charge is -2.10. The van der Waals surface area contributed by atoms with E-state index >= 15 is 0 Å². The Bertz CT molecular complexity index is 474. The molecule has 1 aromatic rings. The van der Waals surface area contributed by atoms with Gasteiger partial charge in [0.25, 0.3) is 0 Å². The summed E-state index contributed by atoms with van der Waals surface area (Å²) in [6.07, 6.45) is 0.755. The van der Waals surface area contributed by atoms with Crippen LogP contribution in [-0.2, 0) is 10.2 Å². The molecule has 1 spiro atoms. The van der Waals surface area contributed by atoms with Crippen LogP contribution in [0.25, 0.3) is 0 Å². The van der Waals surface area contributed by atoms with Crippen molar-refractivity contribution >= 4 is 23.2 Å². The molecule has 2 unspecified atom stereocenters. The summed E-state index contributed by atoms with van der Waals surface area (Å²) in [4.78, 5) is 13.7. The minimum absolute atomic E-state index is 0.0325. The number of nitrogens with two attached hydrogens (primary N) is 1. The number of anilines is 1. The van der Waals surface area contributed by atoms with Gasteiger partial charge >= 0.3 is 0 Å². The second-order valence-electron chi connectivity index (χ2n) is 4.31. The van der Waals surface area contributed by atoms with Crippen LogP contribution < -0.4 is 10.6 Å². The Morgan fingerprint density at radius 2 is 2.27 bits per heavy atom. The summed E-state index contributed by atoms with van der Waals surface area (Å²) in [6.45, 7) is 0. The van der Waals surface area contributed by atoms with Crippen LogP contribution in [0.15, 0.2) is 18.2 Å². The quantitative estimate of drug-likeness (QED) is 0.719. The van der Waals surface area contributed by atoms with Crippen molar-refractivity contribution in [2.45, 2.75) is 17.9 Å². The number of carbonyl (C=O) groups is 1. The normalized spacial score (nSPS) is 32.3. The standard InChI is InChI=1S/C11H11ClN2O/c1-14-8-4-6(12)2-3-7(8)11(10(14)15)5-9(11)13/h2-4,9H,5,13H2,1H3. The van der Waals surface area contributed by atoms with E-state index in [0.29, 0.717) is 5.02 Å². The Kier molecular flexibility index (Phi) is 1.56. The first-order chi connectivity index (χ1) is 7.07. The van der Waals surface area contributed by atoms with Gasteiger partial charge in [-0.2, -0.15) is 0 Å². The average molecular weight is 223 g/mol. The molecule has 0 aromatic heterocycles. The van der Waals surface area contributed by atoms with Crippen molar-refractivity contribution in [1.82, 2.24) is 0 Å². The maximum Gasteiger partial charge on any atom is 0.239 e. The first-order valence-electron chi connectivity index (χ1n) is 4.91. The summed E-state index contributed by atoms with van der Waals surface area (Å²) in [5.74, 6) is 0.104. The highest BCUT2D eigenvalue weighted by Crippen LogP contribution is 2.56. The lowest BCUT2D eigenvalue weighted by atomic mass is 9.97. The topological polar surface area (TPSA) is 46.3 Å². The maximum absolute atomic E-state index is 12.1. The lowest BCUT2D eigenvalue weighted by Crippen LogP contribution is -2.32. The van der Waals surface area contributed by atoms with Crippen LogP contribution in [0, 0.1) is 0 Å². The number of benzene rings is 1. The molecule has 1 fully saturated rings. The molecule has 0 radical (unpaired) electrons. The summed E-state index contributed by atoms with van der Waals surface area (Å²) >= 11 is 5.92. The van der Waals surface area contributed by atoms with Crippen molar-refractivity contribution in [3.63, 3.8) is 0 Å². The molecule has 1 aliphatic heterocycles. The third kappa shape index (κ3) is 0.924. The summed E-state index contributed by atoms with van der Waals surface area (Å²) in [5.41, 5.74) is 7.39. The number of hydrogen-bond acceptors (Lipinski definition) is 2. The molecule has 78 valence electrons. The summed E-state index contributed by atoms with van der Waals surface area (Å²) < 4.78 is 0. The molecule has 4 heteroatoms. The molecule has 0 saturated heterocycles. The molecule has 3 rings (SSSR count). The second kappa shape index (κ2) is 2.54. The van der Waals surface area contributed by atoms with Gasteiger partial charge in [-0.15, -0.1) is 0 Å². The molecule has 3 nitrogen and oxygen atoms in total. The van der Waals surface area contributed by atoms with Gasteiger partial charge < -0.3 is 10.6 Å². The van der Waals surface area contributed by atoms with E-state index in [4.69, 9.17) is 17.3 Å². The van der Waals surface area contributed by atoms with E-state index in [1.165, 1.54) is 0 Å². The average Bonchev–Trinajstić information content (AvgIpc) is 2.84. The summed E-state index contributed by atoms with van der Waals surface area (Å²) in [6, 6.07) is 5.54. The van der Waals surface area contributed by atoms with Crippen molar-refractivity contribution in [2.75, 3.05) is 11.9 Å². The van der Waals surface area contributed by atoms with Crippen molar-refractivity contribution in [1.29, 1.82) is 0 Å². The molecule has 1 amide bonds. The van der Waals surface area contributed by atoms with E-state index in [0.717, 1.165) is 17.7 Å². The van der Waals surface area contributed by atoms with Gasteiger partial charge in [0.15, 0.2) is 0 Å². The zero-order chi connectivity index (χ0) is 10.8. The molecule has 15 heavy (non-hydrogen) atoms. The highest BCUT2D eigenvalue weighted by Gasteiger charge is 2.64. The minimum atomic E-state index is -0.436. The van der Waals surface area contributed by atoms with Gasteiger partial charge in [0.1, 0.15) is 0 Å². The van der Waals surface area contributed by atoms with Gasteiger partial charge in [-0.25, -0.2) is 0 Å². The molecule has 2 atom stereocenters. The molecule has 1 aromatic carbocycles. The van der Waals surface area contributed by atoms with Crippen molar-refractivity contribution in [3.05, 3.63) is 28.8 Å². The van der Waals surface area contributed by atoms with E-state index < -0.39 is 5.41 Å². The Morgan fingerprint density at radius 1 is 1.60 bits per heavy atom. The first kappa shape index (κ1) is 9.19. The monoisotopic (exact) mass is 222 g/mol. The number of amides is 1. The third-order valence-electron chi connectivity index (χ3n) is 3.50. The van der Waals surface area contributed by atoms with E-state index in [1.54, 1.807) is 11.9 Å². The van der Waals surface area contributed by atoms with Gasteiger partial charge in [0.2, 0.25) is 5.91 Å². The van der Waals surface area contributed by atoms with E-state index in [9.17, 15) is 4.79 Å². The van der Waals surface area contributed by atoms with E-state index in [2.05, 4.69) is 0 Å². The minimum Gasteiger partial charge on any atom is -0.326 e. The van der Waals surface area contributed by atoms with Gasteiger partial charge in [0.05, 0.1) is 5.41 Å². The summed E-state index contributed by atoms with van der Waals surface area (Å²) in [5, 5.41) is 0.652. The predicted molar refractivity (Wildman–Crippen MR) is 59.1 cm³/mol. The third-order valence-corrected chi connectivity index (χ3v) is 3.74. The fraction of sp³-hybridized carbons (Fsp3) is 0.364. The van der Waals surface area contributed by atoms with Crippen LogP contribution >= 0.6 is 11.6 Å². The molecule has 2 N–H and O–H groups in total. The number of halogens is 1. The fourth-order valence-electron chi connectivity index (χ4n) is 2.53. The molecule has 1 saturated carbocycles. The highest BCUT2D eigenvalue weighted by molar-refractivity contribution is 6.31. The maximum atomic E-state index is 12.1. The molecule has 0 bridgehead atoms. The van der Waals surface area contributed by atoms with Crippen molar-refractivity contribution < 1.29 is 4.79 Å². The smallest absolute Gasteiger partial charge is 0.239 e. The number of fused-ring (bicyclic) bond motifs is 2. The van der Waals surface area contributed by atoms with Crippen LogP contribution in [0.5, 0.6) is 0 Å². The van der Waals surface area contributed by atoms with Gasteiger partial charge in [-0.1, -0.05) is 17.7 Å². The summed E-state index contributed by atoms with van der Waals surface area (Å²) in [7, 11) is 1.78. The lowest BCUT2D eigenvalue weighted by molar-refractivity contribution is -0.120. The number of likely N-dealkylation sites (N-methyl/N-ethyl adjacent to an activating group) is 1. The number of nitrogens with zero attached hydrogens (tertiary/aromatic N) is 1. The molecular weight excluding hydrogens is 212 g/mol. The molecule has 1 aliphatic carbocycles. The van der Waals surface area contributed by atoms with Crippen LogP contribution in [0.3, 0.4) is 0 Å². The highest BCUT2D eigenvalue weighted by atomic mass is 35.5. The second-order valence-corrected chi connectivity index (χ2v) is 4.74. The Labute approximate surface area is 92.8 Å². The van der Waals surface area contributed by atoms with Gasteiger partial charge in [-0.3, -0.25) is 4.79 Å². The van der Waals surface area contributed by atoms with Crippen LogP contribution in [0.1, 0.15) is 12.0 Å². The predicted octanol–water partition coefficient (Wildman–Crippen LogP) is 1.29. The molecule has 2 aliphatic rings. The van der Waals surface area contributed by atoms with Gasteiger partial charge in [-0.05, 0) is 24.1 Å². The van der Waals surface area contributed by atoms with Crippen LogP contribution in [0.4, 0.5) is 5.69 Å². The first-order valence-corrected chi connectivity index (χ1v) is 5.29. The van der Waals surface area contributed by atoms with Crippen molar-refractivity contribution in [3.8, 4) is 0 Å². The van der Waals surface area contributed by atoms with Crippen LogP contribution in [0.2, 0.25) is 5.02 Å². The number of rotatable bonds is 0. The molecular formula is C11H11ClN2O. The fourth-order valence-corrected chi connectivity index (χ4v) is 2.69. The zero-order valence-electron chi connectivity index (χ0n) is 8.33. The van der Waals surface area contributed by atoms with E-state index in [1.807, 2.05) is 18.2 Å². The van der Waals surface area contributed by atoms with E-state index in [-0.39, 0.29) is 11.9 Å². The molecule has 1 heterocycles. The SMILES string of the molecule is CN1C(=O)C2(CC2N)c2ccc(Cl)cc21. The van der Waals surface area contributed by atoms with Crippen molar-refractivity contribution in [2.24, 2.45) is 5.73 Å². The Morgan fingerprint density at radius 3 is 2.87 bits per heavy atom. The van der Waals surface area contributed by atoms with Crippen LogP contribution in [-0.4, -0.2) is 19.0 Å². The zero-order valence-corrected chi connectivity index (χ0v) is 9.08.